The molecule has 1 aliphatic heterocycles. The molecule has 0 fully saturated rings. The molecule has 0 bridgehead atoms. The van der Waals surface area contributed by atoms with Gasteiger partial charge in [-0.25, -0.2) is 4.98 Å². The van der Waals surface area contributed by atoms with Gasteiger partial charge in [0.25, 0.3) is 5.56 Å². The van der Waals surface area contributed by atoms with Gasteiger partial charge in [-0.15, -0.1) is 0 Å². The largest absolute Gasteiger partial charge is 0.324 e. The minimum Gasteiger partial charge on any atom is -0.324 e. The first-order chi connectivity index (χ1) is 11.6. The van der Waals surface area contributed by atoms with Crippen molar-refractivity contribution >= 4 is 46.7 Å². The maximum absolute atomic E-state index is 12.5. The van der Waals surface area contributed by atoms with Gasteiger partial charge in [0.1, 0.15) is 0 Å². The number of para-hydroxylation sites is 1. The van der Waals surface area contributed by atoms with E-state index >= 15 is 0 Å². The summed E-state index contributed by atoms with van der Waals surface area (Å²) in [6.45, 7) is 1.92. The van der Waals surface area contributed by atoms with E-state index < -0.39 is 0 Å². The average molecular weight is 382 g/mol. The van der Waals surface area contributed by atoms with Crippen LogP contribution in [0.2, 0.25) is 5.02 Å². The van der Waals surface area contributed by atoms with Crippen molar-refractivity contribution in [2.75, 3.05) is 5.32 Å². The highest BCUT2D eigenvalue weighted by Gasteiger charge is 2.23. The number of carbonyl (C=O) groups is 1. The lowest BCUT2D eigenvalue weighted by molar-refractivity contribution is -0.115. The Balaban J connectivity index is 1.75. The second-order valence-corrected chi connectivity index (χ2v) is 7.86. The number of nitrogens with zero attached hydrogens (tertiary/aromatic N) is 1. The standard InChI is InChI=1S/C16H16ClN3O2S2/c1-2-13(15(22)18-11-6-4-3-5-10(11)17)24-16-19-12-8-23-7-9(12)14(21)20-16/h3-6,13H,2,7-8H2,1H3,(H,18,22)(H,19,20,21). The normalized spacial score (nSPS) is 14.2. The van der Waals surface area contributed by atoms with Crippen molar-refractivity contribution in [1.82, 2.24) is 9.97 Å². The van der Waals surface area contributed by atoms with Crippen molar-refractivity contribution in [1.29, 1.82) is 0 Å². The molecule has 2 heterocycles. The van der Waals surface area contributed by atoms with Crippen LogP contribution in [0.1, 0.15) is 24.6 Å². The van der Waals surface area contributed by atoms with Crippen LogP contribution in [0, 0.1) is 0 Å². The molecule has 1 aromatic carbocycles. The number of thioether (sulfide) groups is 2. The molecule has 24 heavy (non-hydrogen) atoms. The molecule has 3 rings (SSSR count). The summed E-state index contributed by atoms with van der Waals surface area (Å²) in [6, 6.07) is 7.10. The summed E-state index contributed by atoms with van der Waals surface area (Å²) in [4.78, 5) is 31.8. The summed E-state index contributed by atoms with van der Waals surface area (Å²) in [5.74, 6) is 1.29. The fourth-order valence-corrected chi connectivity index (χ4v) is 4.46. The van der Waals surface area contributed by atoms with E-state index in [1.165, 1.54) is 11.8 Å². The van der Waals surface area contributed by atoms with Crippen molar-refractivity contribution in [2.24, 2.45) is 0 Å². The summed E-state index contributed by atoms with van der Waals surface area (Å²) in [5, 5.41) is 3.45. The molecular formula is C16H16ClN3O2S2. The minimum absolute atomic E-state index is 0.103. The Morgan fingerprint density at radius 1 is 1.46 bits per heavy atom. The number of benzene rings is 1. The molecule has 0 radical (unpaired) electrons. The number of hydrogen-bond acceptors (Lipinski definition) is 5. The number of rotatable bonds is 5. The molecule has 1 amide bonds. The Morgan fingerprint density at radius 2 is 2.25 bits per heavy atom. The Hall–Kier alpha value is -1.44. The molecule has 2 N–H and O–H groups in total. The van der Waals surface area contributed by atoms with Gasteiger partial charge >= 0.3 is 0 Å². The predicted molar refractivity (Wildman–Crippen MR) is 99.9 cm³/mol. The highest BCUT2D eigenvalue weighted by molar-refractivity contribution is 8.00. The van der Waals surface area contributed by atoms with Crippen LogP contribution in [0.5, 0.6) is 0 Å². The Bertz CT molecular complexity index is 825. The molecule has 8 heteroatoms. The summed E-state index contributed by atoms with van der Waals surface area (Å²) in [6.07, 6.45) is 0.608. The average Bonchev–Trinajstić information content (AvgIpc) is 3.03. The van der Waals surface area contributed by atoms with E-state index in [0.29, 0.717) is 28.0 Å². The number of halogens is 1. The lowest BCUT2D eigenvalue weighted by Crippen LogP contribution is -2.25. The van der Waals surface area contributed by atoms with Crippen LogP contribution in [0.15, 0.2) is 34.2 Å². The van der Waals surface area contributed by atoms with E-state index in [-0.39, 0.29) is 16.7 Å². The number of nitrogens with one attached hydrogen (secondary N) is 2. The van der Waals surface area contributed by atoms with Crippen LogP contribution in [0.4, 0.5) is 5.69 Å². The number of aromatic nitrogens is 2. The third kappa shape index (κ3) is 3.79. The third-order valence-corrected chi connectivity index (χ3v) is 6.16. The third-order valence-electron chi connectivity index (χ3n) is 3.61. The molecule has 0 aliphatic carbocycles. The molecule has 2 aromatic rings. The maximum Gasteiger partial charge on any atom is 0.255 e. The van der Waals surface area contributed by atoms with E-state index in [4.69, 9.17) is 11.6 Å². The Morgan fingerprint density at radius 3 is 3.00 bits per heavy atom. The zero-order chi connectivity index (χ0) is 17.1. The highest BCUT2D eigenvalue weighted by atomic mass is 35.5. The van der Waals surface area contributed by atoms with Gasteiger partial charge in [0.2, 0.25) is 5.91 Å². The van der Waals surface area contributed by atoms with E-state index in [1.807, 2.05) is 13.0 Å². The number of fused-ring (bicyclic) bond motifs is 1. The number of amides is 1. The monoisotopic (exact) mass is 381 g/mol. The molecule has 1 atom stereocenters. The molecule has 1 aliphatic rings. The lowest BCUT2D eigenvalue weighted by Gasteiger charge is -2.15. The second kappa shape index (κ2) is 7.63. The van der Waals surface area contributed by atoms with E-state index in [1.54, 1.807) is 30.0 Å². The highest BCUT2D eigenvalue weighted by Crippen LogP contribution is 2.29. The van der Waals surface area contributed by atoms with Gasteiger partial charge < -0.3 is 10.3 Å². The fraction of sp³-hybridized carbons (Fsp3) is 0.312. The van der Waals surface area contributed by atoms with Gasteiger partial charge in [0.15, 0.2) is 5.16 Å². The molecule has 126 valence electrons. The smallest absolute Gasteiger partial charge is 0.255 e. The minimum atomic E-state index is -0.364. The molecule has 0 saturated carbocycles. The predicted octanol–water partition coefficient (Wildman–Crippen LogP) is 3.68. The maximum atomic E-state index is 12.5. The first-order valence-electron chi connectivity index (χ1n) is 7.50. The van der Waals surface area contributed by atoms with E-state index in [2.05, 4.69) is 15.3 Å². The van der Waals surface area contributed by atoms with E-state index in [9.17, 15) is 9.59 Å². The Labute approximate surface area is 153 Å². The number of H-pyrrole nitrogens is 1. The number of carbonyl (C=O) groups excluding carboxylic acids is 1. The second-order valence-electron chi connectivity index (χ2n) is 5.27. The van der Waals surface area contributed by atoms with Crippen LogP contribution >= 0.6 is 35.1 Å². The van der Waals surface area contributed by atoms with Gasteiger partial charge in [0.05, 0.1) is 21.7 Å². The lowest BCUT2D eigenvalue weighted by atomic mass is 10.2. The quantitative estimate of drug-likeness (QED) is 0.610. The van der Waals surface area contributed by atoms with Crippen molar-refractivity contribution in [3.05, 3.63) is 50.9 Å². The first-order valence-corrected chi connectivity index (χ1v) is 9.91. The first kappa shape index (κ1) is 17.4. The van der Waals surface area contributed by atoms with Gasteiger partial charge in [-0.05, 0) is 18.6 Å². The summed E-state index contributed by atoms with van der Waals surface area (Å²) in [7, 11) is 0. The summed E-state index contributed by atoms with van der Waals surface area (Å²) >= 11 is 9.02. The van der Waals surface area contributed by atoms with Gasteiger partial charge in [-0.1, -0.05) is 42.4 Å². The van der Waals surface area contributed by atoms with E-state index in [0.717, 1.165) is 17.0 Å². The van der Waals surface area contributed by atoms with Crippen LogP contribution in [-0.2, 0) is 16.3 Å². The van der Waals surface area contributed by atoms with Crippen LogP contribution in [0.3, 0.4) is 0 Å². The van der Waals surface area contributed by atoms with Gasteiger partial charge in [-0.3, -0.25) is 9.59 Å². The molecule has 0 saturated heterocycles. The molecular weight excluding hydrogens is 366 g/mol. The van der Waals surface area contributed by atoms with Crippen molar-refractivity contribution in [2.45, 2.75) is 35.3 Å². The number of aromatic amines is 1. The zero-order valence-corrected chi connectivity index (χ0v) is 15.4. The van der Waals surface area contributed by atoms with Crippen LogP contribution in [-0.4, -0.2) is 21.1 Å². The molecule has 0 spiro atoms. The molecule has 5 nitrogen and oxygen atoms in total. The summed E-state index contributed by atoms with van der Waals surface area (Å²) in [5.41, 5.74) is 2.05. The topological polar surface area (TPSA) is 74.8 Å². The van der Waals surface area contributed by atoms with Gasteiger partial charge in [-0.2, -0.15) is 11.8 Å². The van der Waals surface area contributed by atoms with Crippen LogP contribution < -0.4 is 10.9 Å². The molecule has 1 aromatic heterocycles. The van der Waals surface area contributed by atoms with Gasteiger partial charge in [0, 0.05) is 17.1 Å². The van der Waals surface area contributed by atoms with Crippen molar-refractivity contribution in [3.8, 4) is 0 Å². The van der Waals surface area contributed by atoms with Crippen molar-refractivity contribution < 1.29 is 4.79 Å². The summed E-state index contributed by atoms with van der Waals surface area (Å²) < 4.78 is 0. The van der Waals surface area contributed by atoms with Crippen molar-refractivity contribution in [3.63, 3.8) is 0 Å². The fourth-order valence-electron chi connectivity index (χ4n) is 2.33. The Kier molecular flexibility index (Phi) is 5.53. The SMILES string of the molecule is CCC(Sc1nc2c(c(=O)[nH]1)CSC2)C(=O)Nc1ccccc1Cl. The zero-order valence-electron chi connectivity index (χ0n) is 13.0. The van der Waals surface area contributed by atoms with Crippen LogP contribution in [0.25, 0.3) is 0 Å². The number of hydrogen-bond donors (Lipinski definition) is 2. The number of anilines is 1. The molecule has 1 unspecified atom stereocenters.